The number of rotatable bonds is 8. The van der Waals surface area contributed by atoms with Crippen molar-refractivity contribution in [2.45, 2.75) is 18.2 Å². The number of anilines is 1. The summed E-state index contributed by atoms with van der Waals surface area (Å²) in [5.41, 5.74) is 0.873. The molecule has 0 aliphatic rings. The third-order valence-electron chi connectivity index (χ3n) is 3.31. The number of thioether (sulfide) groups is 1. The predicted molar refractivity (Wildman–Crippen MR) is 108 cm³/mol. The van der Waals surface area contributed by atoms with Gasteiger partial charge in [-0.15, -0.1) is 11.8 Å². The summed E-state index contributed by atoms with van der Waals surface area (Å²) in [5, 5.41) is 3.46. The van der Waals surface area contributed by atoms with Crippen LogP contribution in [0.2, 0.25) is 10.0 Å². The summed E-state index contributed by atoms with van der Waals surface area (Å²) in [6.45, 7) is 1.94. The first-order valence-electron chi connectivity index (χ1n) is 8.05. The summed E-state index contributed by atoms with van der Waals surface area (Å²) < 4.78 is 4.75. The van der Waals surface area contributed by atoms with E-state index in [0.717, 1.165) is 4.90 Å². The summed E-state index contributed by atoms with van der Waals surface area (Å²) in [6, 6.07) is 11.7. The van der Waals surface area contributed by atoms with E-state index >= 15 is 0 Å². The van der Waals surface area contributed by atoms with Gasteiger partial charge in [0.05, 0.1) is 22.9 Å². The van der Waals surface area contributed by atoms with E-state index in [1.54, 1.807) is 37.3 Å². The molecule has 0 aromatic heterocycles. The molecule has 27 heavy (non-hydrogen) atoms. The normalized spacial score (nSPS) is 10.3. The van der Waals surface area contributed by atoms with Gasteiger partial charge >= 0.3 is 5.97 Å². The summed E-state index contributed by atoms with van der Waals surface area (Å²) >= 11 is 13.2. The lowest BCUT2D eigenvalue weighted by atomic mass is 10.2. The number of esters is 1. The number of benzene rings is 2. The molecule has 0 saturated heterocycles. The van der Waals surface area contributed by atoms with Crippen LogP contribution in [0, 0.1) is 0 Å². The molecule has 5 nitrogen and oxygen atoms in total. The van der Waals surface area contributed by atoms with Crippen LogP contribution in [0.1, 0.15) is 23.7 Å². The number of nitrogens with one attached hydrogen (secondary N) is 1. The third-order valence-corrected chi connectivity index (χ3v) is 4.92. The standard InChI is InChI=1S/C19H17Cl2NO4S/c1-2-26-18(24)10-14(23)11-27-15-5-3-4-13(9-15)22-19(25)16-7-6-12(20)8-17(16)21/h3-9H,2,10-11H2,1H3,(H,22,25). The lowest BCUT2D eigenvalue weighted by molar-refractivity contribution is -0.145. The molecular formula is C19H17Cl2NO4S. The van der Waals surface area contributed by atoms with Crippen molar-refractivity contribution in [3.63, 3.8) is 0 Å². The smallest absolute Gasteiger partial charge is 0.313 e. The molecule has 0 unspecified atom stereocenters. The zero-order valence-electron chi connectivity index (χ0n) is 14.5. The summed E-state index contributed by atoms with van der Waals surface area (Å²) in [7, 11) is 0. The van der Waals surface area contributed by atoms with Gasteiger partial charge in [0.1, 0.15) is 6.42 Å². The van der Waals surface area contributed by atoms with E-state index in [4.69, 9.17) is 27.9 Å². The van der Waals surface area contributed by atoms with Crippen LogP contribution in [-0.4, -0.2) is 30.0 Å². The number of hydrogen-bond donors (Lipinski definition) is 1. The Labute approximate surface area is 171 Å². The Morgan fingerprint density at radius 2 is 1.89 bits per heavy atom. The Hall–Kier alpha value is -2.02. The molecule has 0 bridgehead atoms. The molecule has 0 fully saturated rings. The molecule has 1 amide bonds. The fraction of sp³-hybridized carbons (Fsp3) is 0.211. The Balaban J connectivity index is 1.95. The molecule has 2 aromatic carbocycles. The van der Waals surface area contributed by atoms with Crippen molar-refractivity contribution in [2.75, 3.05) is 17.7 Å². The largest absolute Gasteiger partial charge is 0.466 e. The quantitative estimate of drug-likeness (QED) is 0.371. The Morgan fingerprint density at radius 3 is 2.59 bits per heavy atom. The Kier molecular flexibility index (Phi) is 8.16. The number of Topliss-reactive ketones (excluding diaryl/α,β-unsaturated/α-hetero) is 1. The van der Waals surface area contributed by atoms with Crippen molar-refractivity contribution >= 4 is 58.3 Å². The second kappa shape index (κ2) is 10.3. The minimum atomic E-state index is -0.524. The molecule has 2 aromatic rings. The molecule has 2 rings (SSSR count). The van der Waals surface area contributed by atoms with Gasteiger partial charge in [0.15, 0.2) is 5.78 Å². The maximum Gasteiger partial charge on any atom is 0.313 e. The van der Waals surface area contributed by atoms with E-state index in [0.29, 0.717) is 16.3 Å². The van der Waals surface area contributed by atoms with Gasteiger partial charge in [-0.3, -0.25) is 14.4 Å². The first-order valence-corrected chi connectivity index (χ1v) is 9.79. The van der Waals surface area contributed by atoms with Crippen molar-refractivity contribution in [1.82, 2.24) is 0 Å². The molecule has 0 heterocycles. The minimum Gasteiger partial charge on any atom is -0.466 e. The van der Waals surface area contributed by atoms with E-state index in [2.05, 4.69) is 5.32 Å². The van der Waals surface area contributed by atoms with Crippen molar-refractivity contribution in [3.8, 4) is 0 Å². The highest BCUT2D eigenvalue weighted by atomic mass is 35.5. The molecule has 0 spiro atoms. The third kappa shape index (κ3) is 6.90. The van der Waals surface area contributed by atoms with E-state index in [1.807, 2.05) is 6.07 Å². The van der Waals surface area contributed by atoms with E-state index < -0.39 is 5.97 Å². The highest BCUT2D eigenvalue weighted by molar-refractivity contribution is 8.00. The molecule has 0 aliphatic carbocycles. The number of carbonyl (C=O) groups excluding carboxylic acids is 3. The predicted octanol–water partition coefficient (Wildman–Crippen LogP) is 4.86. The van der Waals surface area contributed by atoms with Crippen LogP contribution >= 0.6 is 35.0 Å². The van der Waals surface area contributed by atoms with Gasteiger partial charge in [0, 0.05) is 15.6 Å². The first-order chi connectivity index (χ1) is 12.9. The average Bonchev–Trinajstić information content (AvgIpc) is 2.60. The number of amides is 1. The monoisotopic (exact) mass is 425 g/mol. The lowest BCUT2D eigenvalue weighted by Crippen LogP contribution is -2.13. The summed E-state index contributed by atoms with van der Waals surface area (Å²) in [6.07, 6.45) is -0.244. The second-order valence-corrected chi connectivity index (χ2v) is 7.31. The van der Waals surface area contributed by atoms with Gasteiger partial charge in [-0.1, -0.05) is 29.3 Å². The maximum absolute atomic E-state index is 12.4. The number of ketones is 1. The molecule has 0 aliphatic heterocycles. The summed E-state index contributed by atoms with van der Waals surface area (Å²) in [5.74, 6) is -0.971. The fourth-order valence-corrected chi connectivity index (χ4v) is 3.43. The van der Waals surface area contributed by atoms with Crippen LogP contribution in [0.4, 0.5) is 5.69 Å². The highest BCUT2D eigenvalue weighted by Crippen LogP contribution is 2.24. The number of hydrogen-bond acceptors (Lipinski definition) is 5. The van der Waals surface area contributed by atoms with Gasteiger partial charge in [-0.2, -0.15) is 0 Å². The van der Waals surface area contributed by atoms with E-state index in [9.17, 15) is 14.4 Å². The molecule has 0 radical (unpaired) electrons. The number of ether oxygens (including phenoxy) is 1. The van der Waals surface area contributed by atoms with Crippen LogP contribution in [0.25, 0.3) is 0 Å². The topological polar surface area (TPSA) is 72.5 Å². The van der Waals surface area contributed by atoms with Crippen molar-refractivity contribution in [2.24, 2.45) is 0 Å². The molecular weight excluding hydrogens is 409 g/mol. The minimum absolute atomic E-state index is 0.138. The van der Waals surface area contributed by atoms with Gasteiger partial charge < -0.3 is 10.1 Å². The molecule has 142 valence electrons. The van der Waals surface area contributed by atoms with Crippen LogP contribution in [0.5, 0.6) is 0 Å². The second-order valence-electron chi connectivity index (χ2n) is 5.42. The highest BCUT2D eigenvalue weighted by Gasteiger charge is 2.13. The Bertz CT molecular complexity index is 857. The summed E-state index contributed by atoms with van der Waals surface area (Å²) in [4.78, 5) is 36.2. The van der Waals surface area contributed by atoms with Crippen molar-refractivity contribution in [3.05, 3.63) is 58.1 Å². The fourth-order valence-electron chi connectivity index (χ4n) is 2.12. The van der Waals surface area contributed by atoms with Crippen LogP contribution in [0.15, 0.2) is 47.4 Å². The lowest BCUT2D eigenvalue weighted by Gasteiger charge is -2.09. The number of halogens is 2. The molecule has 0 saturated carbocycles. The first kappa shape index (κ1) is 21.3. The van der Waals surface area contributed by atoms with Crippen LogP contribution in [-0.2, 0) is 14.3 Å². The maximum atomic E-state index is 12.4. The van der Waals surface area contributed by atoms with Gasteiger partial charge in [0.25, 0.3) is 5.91 Å². The SMILES string of the molecule is CCOC(=O)CC(=O)CSc1cccc(NC(=O)c2ccc(Cl)cc2Cl)c1. The van der Waals surface area contributed by atoms with Gasteiger partial charge in [-0.05, 0) is 43.3 Å². The van der Waals surface area contributed by atoms with Crippen LogP contribution < -0.4 is 5.32 Å². The van der Waals surface area contributed by atoms with Gasteiger partial charge in [0.2, 0.25) is 0 Å². The zero-order chi connectivity index (χ0) is 19.8. The van der Waals surface area contributed by atoms with E-state index in [1.165, 1.54) is 17.8 Å². The van der Waals surface area contributed by atoms with E-state index in [-0.39, 0.29) is 35.5 Å². The zero-order valence-corrected chi connectivity index (χ0v) is 16.8. The molecule has 1 N–H and O–H groups in total. The van der Waals surface area contributed by atoms with Gasteiger partial charge in [-0.25, -0.2) is 0 Å². The van der Waals surface area contributed by atoms with Crippen LogP contribution in [0.3, 0.4) is 0 Å². The average molecular weight is 426 g/mol. The number of carbonyl (C=O) groups is 3. The van der Waals surface area contributed by atoms with Crippen molar-refractivity contribution in [1.29, 1.82) is 0 Å². The molecule has 0 atom stereocenters. The Morgan fingerprint density at radius 1 is 1.11 bits per heavy atom. The van der Waals surface area contributed by atoms with Crippen molar-refractivity contribution < 1.29 is 19.1 Å². The molecule has 8 heteroatoms.